The van der Waals surface area contributed by atoms with Crippen LogP contribution in [-0.2, 0) is 11.0 Å². The summed E-state index contributed by atoms with van der Waals surface area (Å²) in [7, 11) is 0. The first-order chi connectivity index (χ1) is 15.5. The molecular weight excluding hydrogens is 485 g/mol. The Balaban J connectivity index is 2.11. The Morgan fingerprint density at radius 2 is 1.76 bits per heavy atom. The first kappa shape index (κ1) is 24.7. The van der Waals surface area contributed by atoms with Crippen LogP contribution in [0.4, 0.5) is 22.0 Å². The predicted octanol–water partition coefficient (Wildman–Crippen LogP) is 7.40. The van der Waals surface area contributed by atoms with Crippen molar-refractivity contribution in [3.05, 3.63) is 99.3 Å². The molecule has 3 aromatic rings. The number of thioether (sulfide) groups is 1. The summed E-state index contributed by atoms with van der Waals surface area (Å²) >= 11 is 7.27. The number of halogens is 6. The van der Waals surface area contributed by atoms with Crippen molar-refractivity contribution in [1.29, 1.82) is 0 Å². The second kappa shape index (κ2) is 9.93. The number of alkyl halides is 3. The largest absolute Gasteiger partial charge is 0.478 e. The zero-order valence-corrected chi connectivity index (χ0v) is 18.4. The summed E-state index contributed by atoms with van der Waals surface area (Å²) in [5, 5.41) is 8.22. The van der Waals surface area contributed by atoms with Crippen molar-refractivity contribution in [2.24, 2.45) is 0 Å². The number of benzene rings is 2. The maximum Gasteiger partial charge on any atom is 0.416 e. The van der Waals surface area contributed by atoms with E-state index in [0.29, 0.717) is 4.90 Å². The number of rotatable bonds is 6. The zero-order valence-electron chi connectivity index (χ0n) is 16.8. The van der Waals surface area contributed by atoms with Gasteiger partial charge in [0.15, 0.2) is 0 Å². The molecule has 2 aromatic carbocycles. The molecule has 0 aliphatic carbocycles. The predicted molar refractivity (Wildman–Crippen MR) is 116 cm³/mol. The molecule has 0 radical (unpaired) electrons. The van der Waals surface area contributed by atoms with Gasteiger partial charge in [-0.1, -0.05) is 11.6 Å². The summed E-state index contributed by atoms with van der Waals surface area (Å²) < 4.78 is 67.4. The van der Waals surface area contributed by atoms with E-state index in [-0.39, 0.29) is 27.4 Å². The van der Waals surface area contributed by atoms with Gasteiger partial charge in [-0.05, 0) is 67.1 Å². The fourth-order valence-corrected chi connectivity index (χ4v) is 4.38. The first-order valence-electron chi connectivity index (χ1n) is 9.31. The van der Waals surface area contributed by atoms with Gasteiger partial charge in [-0.2, -0.15) is 13.2 Å². The highest BCUT2D eigenvalue weighted by atomic mass is 35.5. The highest BCUT2D eigenvalue weighted by Gasteiger charge is 2.30. The molecule has 0 saturated carbocycles. The number of aromatic nitrogens is 1. The van der Waals surface area contributed by atoms with Crippen LogP contribution in [0.5, 0.6) is 0 Å². The quantitative estimate of drug-likeness (QED) is 0.218. The average Bonchev–Trinajstić information content (AvgIpc) is 2.75. The summed E-state index contributed by atoms with van der Waals surface area (Å²) in [4.78, 5) is 15.5. The molecule has 33 heavy (non-hydrogen) atoms. The number of pyridine rings is 1. The molecule has 1 heterocycles. The van der Waals surface area contributed by atoms with Crippen molar-refractivity contribution in [3.8, 4) is 0 Å². The molecule has 0 aliphatic heterocycles. The highest BCUT2D eigenvalue weighted by molar-refractivity contribution is 7.99. The van der Waals surface area contributed by atoms with Crippen LogP contribution in [0.2, 0.25) is 5.02 Å². The van der Waals surface area contributed by atoms with E-state index in [2.05, 4.69) is 4.98 Å². The van der Waals surface area contributed by atoms with Crippen LogP contribution in [0.15, 0.2) is 65.2 Å². The van der Waals surface area contributed by atoms with E-state index in [1.165, 1.54) is 37.4 Å². The van der Waals surface area contributed by atoms with E-state index < -0.39 is 34.6 Å². The van der Waals surface area contributed by atoms with E-state index in [0.717, 1.165) is 42.1 Å². The smallest absolute Gasteiger partial charge is 0.416 e. The van der Waals surface area contributed by atoms with Crippen molar-refractivity contribution < 1.29 is 31.9 Å². The molecule has 1 unspecified atom stereocenters. The minimum Gasteiger partial charge on any atom is -0.478 e. The Morgan fingerprint density at radius 3 is 2.36 bits per heavy atom. The summed E-state index contributed by atoms with van der Waals surface area (Å²) in [5.74, 6) is -2.62. The van der Waals surface area contributed by atoms with Gasteiger partial charge in [0.2, 0.25) is 0 Å². The Kier molecular flexibility index (Phi) is 7.44. The van der Waals surface area contributed by atoms with E-state index in [4.69, 9.17) is 16.7 Å². The molecule has 1 atom stereocenters. The van der Waals surface area contributed by atoms with Gasteiger partial charge in [0.25, 0.3) is 0 Å². The van der Waals surface area contributed by atoms with Gasteiger partial charge < -0.3 is 5.11 Å². The van der Waals surface area contributed by atoms with Crippen molar-refractivity contribution in [1.82, 2.24) is 4.98 Å². The lowest BCUT2D eigenvalue weighted by Gasteiger charge is -2.20. The van der Waals surface area contributed by atoms with Crippen LogP contribution in [0.1, 0.15) is 34.6 Å². The van der Waals surface area contributed by atoms with Gasteiger partial charge in [0.05, 0.1) is 21.5 Å². The maximum atomic E-state index is 14.7. The Hall–Kier alpha value is -2.91. The number of carboxylic acid groups (broad SMARTS) is 1. The molecule has 3 nitrogen and oxygen atoms in total. The van der Waals surface area contributed by atoms with Crippen molar-refractivity contribution in [2.75, 3.05) is 0 Å². The van der Waals surface area contributed by atoms with E-state index in [1.807, 2.05) is 0 Å². The number of nitrogens with zero attached hydrogens (tertiary/aromatic N) is 1. The third kappa shape index (κ3) is 6.11. The minimum absolute atomic E-state index is 0.0142. The topological polar surface area (TPSA) is 50.2 Å². The number of hydrogen-bond donors (Lipinski definition) is 1. The van der Waals surface area contributed by atoms with E-state index >= 15 is 0 Å². The van der Waals surface area contributed by atoms with Gasteiger partial charge in [0, 0.05) is 22.2 Å². The van der Waals surface area contributed by atoms with Crippen molar-refractivity contribution in [2.45, 2.75) is 23.2 Å². The summed E-state index contributed by atoms with van der Waals surface area (Å²) in [6.07, 6.45) is -1.99. The Labute approximate surface area is 194 Å². The average molecular weight is 500 g/mol. The van der Waals surface area contributed by atoms with Crippen LogP contribution in [0.3, 0.4) is 0 Å². The number of carbonyl (C=O) groups is 1. The highest BCUT2D eigenvalue weighted by Crippen LogP contribution is 2.44. The van der Waals surface area contributed by atoms with Crippen LogP contribution in [0, 0.1) is 11.6 Å². The Bertz CT molecular complexity index is 1210. The van der Waals surface area contributed by atoms with E-state index in [1.54, 1.807) is 0 Å². The SMILES string of the molecule is C/C(=C\c1cc(C(Sc2ccc(C(F)(F)F)cc2)c2cc(F)ccc2F)c(Cl)cn1)C(=O)O. The lowest BCUT2D eigenvalue weighted by molar-refractivity contribution is -0.137. The third-order valence-corrected chi connectivity index (χ3v) is 6.17. The molecule has 0 spiro atoms. The first-order valence-corrected chi connectivity index (χ1v) is 10.6. The van der Waals surface area contributed by atoms with Crippen LogP contribution in [0.25, 0.3) is 6.08 Å². The van der Waals surface area contributed by atoms with Gasteiger partial charge in [-0.25, -0.2) is 13.6 Å². The standard InChI is InChI=1S/C23H15ClF5NO2S/c1-12(22(31)32)8-15-10-17(19(24)11-30-15)21(18-9-14(25)4-7-20(18)26)33-16-5-2-13(3-6-16)23(27,28)29/h2-11,21H,1H3,(H,31,32)/b12-8+. The summed E-state index contributed by atoms with van der Waals surface area (Å²) in [6.45, 7) is 1.36. The van der Waals surface area contributed by atoms with Crippen LogP contribution < -0.4 is 0 Å². The van der Waals surface area contributed by atoms with Gasteiger partial charge >= 0.3 is 12.1 Å². The van der Waals surface area contributed by atoms with Gasteiger partial charge in [-0.15, -0.1) is 11.8 Å². The monoisotopic (exact) mass is 499 g/mol. The number of hydrogen-bond acceptors (Lipinski definition) is 3. The fourth-order valence-electron chi connectivity index (χ4n) is 2.90. The molecule has 0 amide bonds. The zero-order chi connectivity index (χ0) is 24.3. The molecule has 172 valence electrons. The molecule has 1 N–H and O–H groups in total. The minimum atomic E-state index is -4.52. The maximum absolute atomic E-state index is 14.7. The molecule has 0 saturated heterocycles. The molecule has 10 heteroatoms. The number of carboxylic acids is 1. The number of aliphatic carboxylic acids is 1. The van der Waals surface area contributed by atoms with Gasteiger partial charge in [0.1, 0.15) is 11.6 Å². The molecule has 1 aromatic heterocycles. The Morgan fingerprint density at radius 1 is 1.09 bits per heavy atom. The second-order valence-corrected chi connectivity index (χ2v) is 8.53. The molecule has 3 rings (SSSR count). The third-order valence-electron chi connectivity index (χ3n) is 4.57. The van der Waals surface area contributed by atoms with Crippen LogP contribution >= 0.6 is 23.4 Å². The normalized spacial score (nSPS) is 13.1. The second-order valence-electron chi connectivity index (χ2n) is 6.95. The van der Waals surface area contributed by atoms with Crippen LogP contribution in [-0.4, -0.2) is 16.1 Å². The van der Waals surface area contributed by atoms with Crippen molar-refractivity contribution >= 4 is 35.4 Å². The van der Waals surface area contributed by atoms with Crippen molar-refractivity contribution in [3.63, 3.8) is 0 Å². The lowest BCUT2D eigenvalue weighted by Crippen LogP contribution is -2.05. The fraction of sp³-hybridized carbons (Fsp3) is 0.130. The summed E-state index contributed by atoms with van der Waals surface area (Å²) in [6, 6.07) is 8.52. The van der Waals surface area contributed by atoms with Gasteiger partial charge in [-0.3, -0.25) is 4.98 Å². The molecule has 0 aliphatic rings. The van der Waals surface area contributed by atoms with E-state index in [9.17, 15) is 26.7 Å². The molecule has 0 bridgehead atoms. The summed E-state index contributed by atoms with van der Waals surface area (Å²) in [5.41, 5.74) is -0.453. The molecular formula is C23H15ClF5NO2S. The molecule has 0 fully saturated rings. The lowest BCUT2D eigenvalue weighted by atomic mass is 10.0.